The Balaban J connectivity index is 1.43. The molecule has 0 unspecified atom stereocenters. The lowest BCUT2D eigenvalue weighted by Crippen LogP contribution is -2.51. The summed E-state index contributed by atoms with van der Waals surface area (Å²) in [7, 11) is 0. The molecule has 218 valence electrons. The number of nitrogens with one attached hydrogen (secondary N) is 1. The summed E-state index contributed by atoms with van der Waals surface area (Å²) in [5, 5.41) is 3.09. The van der Waals surface area contributed by atoms with Gasteiger partial charge in [-0.2, -0.15) is 0 Å². The number of carbonyl (C=O) groups excluding carboxylic acids is 3. The molecule has 44 heavy (non-hydrogen) atoms. The number of para-hydroxylation sites is 1. The number of ether oxygens (including phenoxy) is 2. The molecule has 0 saturated carbocycles. The van der Waals surface area contributed by atoms with Gasteiger partial charge in [-0.15, -0.1) is 0 Å². The van der Waals surface area contributed by atoms with E-state index >= 15 is 4.79 Å². The van der Waals surface area contributed by atoms with Crippen LogP contribution in [0.2, 0.25) is 0 Å². The zero-order chi connectivity index (χ0) is 30.3. The van der Waals surface area contributed by atoms with Gasteiger partial charge in [-0.05, 0) is 68.3 Å². The van der Waals surface area contributed by atoms with E-state index in [1.54, 1.807) is 18.2 Å². The topological polar surface area (TPSA) is 84.9 Å². The number of anilines is 2. The third kappa shape index (κ3) is 3.52. The molecule has 7 nitrogen and oxygen atoms in total. The summed E-state index contributed by atoms with van der Waals surface area (Å²) in [6.07, 6.45) is 2.08. The van der Waals surface area contributed by atoms with Gasteiger partial charge in [0.1, 0.15) is 11.5 Å². The highest BCUT2D eigenvalue weighted by Gasteiger charge is 2.70. The summed E-state index contributed by atoms with van der Waals surface area (Å²) in [5.74, 6) is -0.820. The highest BCUT2D eigenvalue weighted by Crippen LogP contribution is 2.59. The molecule has 8 rings (SSSR count). The van der Waals surface area contributed by atoms with E-state index in [2.05, 4.69) is 17.5 Å². The van der Waals surface area contributed by atoms with Crippen molar-refractivity contribution >= 4 is 34.4 Å². The molecule has 0 bridgehead atoms. The SMILES string of the molecule is CC1=C[C@@H]2N(c3ccc(C)cc31)[C@H](C(=O)c1ccc(C)cc1)[C@@H](C(=O)c1ccc3c(c1)OCO3)[C@@]21C(=O)Nc2ccccc21. The van der Waals surface area contributed by atoms with Crippen molar-refractivity contribution in [3.05, 3.63) is 124 Å². The van der Waals surface area contributed by atoms with Gasteiger partial charge in [0.15, 0.2) is 23.1 Å². The first-order chi connectivity index (χ1) is 21.3. The molecule has 1 N–H and O–H groups in total. The largest absolute Gasteiger partial charge is 0.454 e. The maximum absolute atomic E-state index is 15.1. The van der Waals surface area contributed by atoms with Crippen molar-refractivity contribution in [2.45, 2.75) is 38.3 Å². The average Bonchev–Trinajstić information content (AvgIpc) is 3.70. The van der Waals surface area contributed by atoms with Gasteiger partial charge in [0.05, 0.1) is 12.0 Å². The van der Waals surface area contributed by atoms with Gasteiger partial charge in [-0.1, -0.05) is 65.7 Å². The van der Waals surface area contributed by atoms with Crippen molar-refractivity contribution in [3.63, 3.8) is 0 Å². The number of allylic oxidation sites excluding steroid dienone is 1. The molecular formula is C37H30N2O5. The minimum atomic E-state index is -1.38. The second kappa shape index (κ2) is 9.41. The first-order valence-corrected chi connectivity index (χ1v) is 14.8. The zero-order valence-corrected chi connectivity index (χ0v) is 24.6. The molecule has 0 radical (unpaired) electrons. The maximum atomic E-state index is 15.1. The Bertz CT molecular complexity index is 1940. The summed E-state index contributed by atoms with van der Waals surface area (Å²) in [5.41, 5.74) is 5.79. The van der Waals surface area contributed by atoms with Crippen LogP contribution < -0.4 is 19.7 Å². The molecule has 0 aromatic heterocycles. The van der Waals surface area contributed by atoms with E-state index in [9.17, 15) is 9.59 Å². The molecule has 1 fully saturated rings. The van der Waals surface area contributed by atoms with Crippen LogP contribution in [-0.2, 0) is 10.2 Å². The average molecular weight is 583 g/mol. The molecule has 4 heterocycles. The number of Topliss-reactive ketones (excluding diaryl/α,β-unsaturated/α-hetero) is 2. The fourth-order valence-corrected chi connectivity index (χ4v) is 7.66. The van der Waals surface area contributed by atoms with Crippen LogP contribution in [0, 0.1) is 19.8 Å². The minimum Gasteiger partial charge on any atom is -0.454 e. The lowest BCUT2D eigenvalue weighted by molar-refractivity contribution is -0.121. The number of amides is 1. The third-order valence-corrected chi connectivity index (χ3v) is 9.68. The van der Waals surface area contributed by atoms with Crippen molar-refractivity contribution < 1.29 is 23.9 Å². The second-order valence-corrected chi connectivity index (χ2v) is 12.2. The first-order valence-electron chi connectivity index (χ1n) is 14.8. The predicted octanol–water partition coefficient (Wildman–Crippen LogP) is 6.28. The van der Waals surface area contributed by atoms with E-state index in [0.29, 0.717) is 28.3 Å². The Hall–Kier alpha value is -5.17. The van der Waals surface area contributed by atoms with Crippen molar-refractivity contribution in [3.8, 4) is 11.5 Å². The third-order valence-electron chi connectivity index (χ3n) is 9.68. The normalized spacial score (nSPS) is 24.0. The number of nitrogens with zero attached hydrogens (tertiary/aromatic N) is 1. The molecule has 1 saturated heterocycles. The van der Waals surface area contributed by atoms with Crippen LogP contribution in [0.4, 0.5) is 11.4 Å². The Morgan fingerprint density at radius 2 is 1.55 bits per heavy atom. The van der Waals surface area contributed by atoms with Crippen molar-refractivity contribution in [2.75, 3.05) is 17.0 Å². The number of benzene rings is 4. The quantitative estimate of drug-likeness (QED) is 0.285. The summed E-state index contributed by atoms with van der Waals surface area (Å²) in [4.78, 5) is 46.6. The number of ketones is 2. The minimum absolute atomic E-state index is 0.0702. The van der Waals surface area contributed by atoms with Crippen LogP contribution in [0.3, 0.4) is 0 Å². The number of aryl methyl sites for hydroxylation is 2. The Morgan fingerprint density at radius 3 is 2.36 bits per heavy atom. The molecular weight excluding hydrogens is 552 g/mol. The van der Waals surface area contributed by atoms with E-state index in [1.165, 1.54) is 0 Å². The summed E-state index contributed by atoms with van der Waals surface area (Å²) < 4.78 is 11.1. The van der Waals surface area contributed by atoms with Crippen LogP contribution in [0.25, 0.3) is 5.57 Å². The highest BCUT2D eigenvalue weighted by atomic mass is 16.7. The summed E-state index contributed by atoms with van der Waals surface area (Å²) in [6, 6.07) is 24.6. The fraction of sp³-hybridized carbons (Fsp3) is 0.216. The summed E-state index contributed by atoms with van der Waals surface area (Å²) >= 11 is 0. The number of carbonyl (C=O) groups is 3. The molecule has 4 aromatic carbocycles. The van der Waals surface area contributed by atoms with E-state index in [-0.39, 0.29) is 24.3 Å². The van der Waals surface area contributed by atoms with Crippen LogP contribution in [0.15, 0.2) is 91.0 Å². The molecule has 4 aromatic rings. The number of fused-ring (bicyclic) bond motifs is 7. The molecule has 4 aliphatic rings. The molecule has 4 aliphatic heterocycles. The number of rotatable bonds is 4. The molecule has 4 atom stereocenters. The molecule has 7 heteroatoms. The highest BCUT2D eigenvalue weighted by molar-refractivity contribution is 6.18. The first kappa shape index (κ1) is 26.5. The van der Waals surface area contributed by atoms with Crippen LogP contribution in [0.5, 0.6) is 11.5 Å². The molecule has 1 amide bonds. The Kier molecular flexibility index (Phi) is 5.66. The van der Waals surface area contributed by atoms with Crippen LogP contribution >= 0.6 is 0 Å². The maximum Gasteiger partial charge on any atom is 0.238 e. The van der Waals surface area contributed by atoms with Gasteiger partial charge >= 0.3 is 0 Å². The predicted molar refractivity (Wildman–Crippen MR) is 168 cm³/mol. The Morgan fingerprint density at radius 1 is 0.818 bits per heavy atom. The smallest absolute Gasteiger partial charge is 0.238 e. The number of hydrogen-bond acceptors (Lipinski definition) is 6. The standard InChI is InChI=1S/C37H30N2O5/c1-20-8-11-23(12-9-20)35(41)33-32(34(40)24-13-15-29-30(18-24)44-19-43-29)37(26-6-4-5-7-27(26)38-36(37)42)31-17-22(3)25-16-21(2)10-14-28(25)39(31)33/h4-18,31-33H,19H2,1-3H3,(H,38,42)/t31-,32-,33-,37-/m0/s1. The second-order valence-electron chi connectivity index (χ2n) is 12.2. The lowest BCUT2D eigenvalue weighted by Gasteiger charge is -2.39. The van der Waals surface area contributed by atoms with Gasteiger partial charge in [0.2, 0.25) is 12.7 Å². The lowest BCUT2D eigenvalue weighted by atomic mass is 9.64. The monoisotopic (exact) mass is 582 g/mol. The van der Waals surface area contributed by atoms with Gasteiger partial charge < -0.3 is 19.7 Å². The molecule has 1 spiro atoms. The van der Waals surface area contributed by atoms with Crippen LogP contribution in [-0.4, -0.2) is 36.4 Å². The van der Waals surface area contributed by atoms with Gasteiger partial charge in [0, 0.05) is 28.1 Å². The van der Waals surface area contributed by atoms with Crippen molar-refractivity contribution in [1.29, 1.82) is 0 Å². The van der Waals surface area contributed by atoms with Gasteiger partial charge in [-0.25, -0.2) is 0 Å². The number of hydrogen-bond donors (Lipinski definition) is 1. The van der Waals surface area contributed by atoms with Crippen LogP contribution in [0.1, 0.15) is 49.9 Å². The Labute approximate surface area is 255 Å². The van der Waals surface area contributed by atoms with E-state index in [1.807, 2.05) is 86.3 Å². The fourth-order valence-electron chi connectivity index (χ4n) is 7.66. The van der Waals surface area contributed by atoms with E-state index in [0.717, 1.165) is 33.5 Å². The van der Waals surface area contributed by atoms with Gasteiger partial charge in [0.25, 0.3) is 0 Å². The van der Waals surface area contributed by atoms with Gasteiger partial charge in [-0.3, -0.25) is 14.4 Å². The van der Waals surface area contributed by atoms with Crippen molar-refractivity contribution in [1.82, 2.24) is 0 Å². The summed E-state index contributed by atoms with van der Waals surface area (Å²) in [6.45, 7) is 6.11. The molecule has 0 aliphatic carbocycles. The van der Waals surface area contributed by atoms with Crippen molar-refractivity contribution in [2.24, 2.45) is 5.92 Å². The van der Waals surface area contributed by atoms with E-state index in [4.69, 9.17) is 9.47 Å². The zero-order valence-electron chi connectivity index (χ0n) is 24.6. The van der Waals surface area contributed by atoms with E-state index < -0.39 is 23.4 Å².